The molecule has 0 unspecified atom stereocenters. The summed E-state index contributed by atoms with van der Waals surface area (Å²) >= 11 is 0. The Hall–Kier alpha value is -1.83. The third-order valence-corrected chi connectivity index (χ3v) is 7.01. The van der Waals surface area contributed by atoms with Gasteiger partial charge in [-0.15, -0.1) is 0 Å². The van der Waals surface area contributed by atoms with Gasteiger partial charge >= 0.3 is 0 Å². The molecule has 7 heteroatoms. The Labute approximate surface area is 200 Å². The van der Waals surface area contributed by atoms with Gasteiger partial charge in [0.05, 0.1) is 31.1 Å². The molecule has 6 nitrogen and oxygen atoms in total. The first kappa shape index (κ1) is 29.2. The van der Waals surface area contributed by atoms with Gasteiger partial charge < -0.3 is 9.04 Å². The number of carbonyl (C=O) groups excluding carboxylic acids is 2. The van der Waals surface area contributed by atoms with Crippen molar-refractivity contribution in [2.24, 2.45) is 0 Å². The number of hydrogen-bond acceptors (Lipinski definition) is 5. The Bertz CT molecular complexity index is 868. The SMILES string of the molecule is CCCC[N+](CCCC)(CCCC)CCCC.O=C1C=C(S(=O)(=O)[O-])c2ccccc2C1=O. The van der Waals surface area contributed by atoms with E-state index in [1.807, 2.05) is 0 Å². The van der Waals surface area contributed by atoms with Gasteiger partial charge in [0.2, 0.25) is 11.6 Å². The molecule has 0 N–H and O–H groups in total. The number of rotatable bonds is 13. The zero-order chi connectivity index (χ0) is 24.9. The summed E-state index contributed by atoms with van der Waals surface area (Å²) in [5.74, 6) is -1.80. The zero-order valence-electron chi connectivity index (χ0n) is 20.8. The number of benzene rings is 1. The van der Waals surface area contributed by atoms with Gasteiger partial charge in [-0.25, -0.2) is 8.42 Å². The van der Waals surface area contributed by atoms with Gasteiger partial charge in [-0.1, -0.05) is 77.6 Å². The highest BCUT2D eigenvalue weighted by Crippen LogP contribution is 2.28. The molecule has 1 aliphatic rings. The minimum Gasteiger partial charge on any atom is -0.744 e. The monoisotopic (exact) mass is 479 g/mol. The van der Waals surface area contributed by atoms with E-state index in [4.69, 9.17) is 0 Å². The second-order valence-corrected chi connectivity index (χ2v) is 10.2. The van der Waals surface area contributed by atoms with Gasteiger partial charge in [-0.3, -0.25) is 9.59 Å². The molecular weight excluding hydrogens is 438 g/mol. The molecule has 1 aliphatic carbocycles. The van der Waals surface area contributed by atoms with Crippen LogP contribution >= 0.6 is 0 Å². The van der Waals surface area contributed by atoms with Gasteiger partial charge in [0.15, 0.2) is 0 Å². The van der Waals surface area contributed by atoms with E-state index in [1.54, 1.807) is 0 Å². The summed E-state index contributed by atoms with van der Waals surface area (Å²) in [5.41, 5.74) is -0.0634. The van der Waals surface area contributed by atoms with Gasteiger partial charge in [0.1, 0.15) is 10.1 Å². The van der Waals surface area contributed by atoms with Crippen molar-refractivity contribution < 1.29 is 27.0 Å². The highest BCUT2D eigenvalue weighted by Gasteiger charge is 2.28. The Kier molecular flexibility index (Phi) is 12.8. The van der Waals surface area contributed by atoms with Crippen LogP contribution in [0.5, 0.6) is 0 Å². The highest BCUT2D eigenvalue weighted by atomic mass is 32.2. The van der Waals surface area contributed by atoms with Crippen LogP contribution < -0.4 is 0 Å². The van der Waals surface area contributed by atoms with E-state index >= 15 is 0 Å². The molecule has 1 aromatic rings. The third kappa shape index (κ3) is 9.14. The first-order valence-corrected chi connectivity index (χ1v) is 13.8. The van der Waals surface area contributed by atoms with E-state index in [1.165, 1.54) is 106 Å². The van der Waals surface area contributed by atoms with Gasteiger partial charge in [-0.2, -0.15) is 0 Å². The quantitative estimate of drug-likeness (QED) is 0.216. The lowest BCUT2D eigenvalue weighted by molar-refractivity contribution is -0.929. The molecule has 0 radical (unpaired) electrons. The van der Waals surface area contributed by atoms with Gasteiger partial charge in [-0.05, 0) is 25.7 Å². The van der Waals surface area contributed by atoms with Crippen LogP contribution in [0.4, 0.5) is 0 Å². The van der Waals surface area contributed by atoms with Crippen molar-refractivity contribution in [3.63, 3.8) is 0 Å². The fraction of sp³-hybridized carbons (Fsp3) is 0.615. The van der Waals surface area contributed by atoms with Crippen molar-refractivity contribution in [1.29, 1.82) is 0 Å². The lowest BCUT2D eigenvalue weighted by Gasteiger charge is -2.39. The average Bonchev–Trinajstić information content (AvgIpc) is 2.80. The van der Waals surface area contributed by atoms with Crippen molar-refractivity contribution >= 4 is 26.6 Å². The minimum atomic E-state index is -4.76. The summed E-state index contributed by atoms with van der Waals surface area (Å²) in [4.78, 5) is 21.9. The molecule has 0 saturated heterocycles. The van der Waals surface area contributed by atoms with Crippen molar-refractivity contribution in [2.45, 2.75) is 79.1 Å². The number of Topliss-reactive ketones (excluding diaryl/α,β-unsaturated/α-hetero) is 1. The average molecular weight is 480 g/mol. The molecule has 1 aromatic carbocycles. The number of ketones is 2. The fourth-order valence-corrected chi connectivity index (χ4v) is 4.84. The topological polar surface area (TPSA) is 91.3 Å². The second-order valence-electron chi connectivity index (χ2n) is 8.85. The molecule has 186 valence electrons. The van der Waals surface area contributed by atoms with Crippen LogP contribution in [-0.4, -0.2) is 55.2 Å². The molecule has 0 heterocycles. The van der Waals surface area contributed by atoms with Crippen LogP contribution in [0.2, 0.25) is 0 Å². The summed E-state index contributed by atoms with van der Waals surface area (Å²) < 4.78 is 34.2. The van der Waals surface area contributed by atoms with Gasteiger partial charge in [0.25, 0.3) is 0 Å². The summed E-state index contributed by atoms with van der Waals surface area (Å²) in [6.45, 7) is 15.0. The predicted molar refractivity (Wildman–Crippen MR) is 133 cm³/mol. The van der Waals surface area contributed by atoms with Gasteiger partial charge in [0, 0.05) is 17.2 Å². The minimum absolute atomic E-state index is 0.0119. The second kappa shape index (κ2) is 14.4. The summed E-state index contributed by atoms with van der Waals surface area (Å²) in [7, 11) is -4.76. The van der Waals surface area contributed by atoms with E-state index in [0.717, 1.165) is 0 Å². The largest absolute Gasteiger partial charge is 0.744 e. The molecule has 0 saturated carbocycles. The maximum absolute atomic E-state index is 11.4. The molecule has 0 bridgehead atoms. The van der Waals surface area contributed by atoms with Crippen molar-refractivity contribution in [3.8, 4) is 0 Å². The predicted octanol–water partition coefficient (Wildman–Crippen LogP) is 5.34. The number of hydrogen-bond donors (Lipinski definition) is 0. The van der Waals surface area contributed by atoms with Crippen LogP contribution in [0.15, 0.2) is 30.3 Å². The van der Waals surface area contributed by atoms with Crippen LogP contribution in [0.1, 0.15) is 95.0 Å². The number of allylic oxidation sites excluding steroid dienone is 1. The van der Waals surface area contributed by atoms with E-state index in [2.05, 4.69) is 27.7 Å². The lowest BCUT2D eigenvalue weighted by Crippen LogP contribution is -2.50. The summed E-state index contributed by atoms with van der Waals surface area (Å²) in [6, 6.07) is 5.61. The van der Waals surface area contributed by atoms with Crippen LogP contribution in [-0.2, 0) is 14.9 Å². The van der Waals surface area contributed by atoms with E-state index < -0.39 is 26.6 Å². The Balaban J connectivity index is 0.000000330. The van der Waals surface area contributed by atoms with E-state index in [0.29, 0.717) is 6.08 Å². The molecule has 2 rings (SSSR count). The van der Waals surface area contributed by atoms with E-state index in [9.17, 15) is 22.6 Å². The molecule has 0 fully saturated rings. The lowest BCUT2D eigenvalue weighted by atomic mass is 9.95. The van der Waals surface area contributed by atoms with E-state index in [-0.39, 0.29) is 11.1 Å². The maximum Gasteiger partial charge on any atom is 0.233 e. The Morgan fingerprint density at radius 1 is 0.727 bits per heavy atom. The van der Waals surface area contributed by atoms with Crippen molar-refractivity contribution in [1.82, 2.24) is 0 Å². The summed E-state index contributed by atoms with van der Waals surface area (Å²) in [6.07, 6.45) is 11.6. The number of nitrogens with zero attached hydrogens (tertiary/aromatic N) is 1. The normalized spacial score (nSPS) is 13.8. The van der Waals surface area contributed by atoms with Crippen molar-refractivity contribution in [3.05, 3.63) is 41.5 Å². The Morgan fingerprint density at radius 3 is 1.48 bits per heavy atom. The van der Waals surface area contributed by atoms with Crippen LogP contribution in [0.3, 0.4) is 0 Å². The standard InChI is InChI=1S/C16H36N.C10H6O5S/c1-5-9-13-17(14-10-6-2,15-11-7-3)16-12-8-4;11-8-5-9(16(13,14)15)6-3-1-2-4-7(6)10(8)12/h5-16H2,1-4H3;1-5H,(H,13,14,15)/q+1;/p-1. The maximum atomic E-state index is 11.4. The molecule has 0 aliphatic heterocycles. The number of fused-ring (bicyclic) bond motifs is 1. The molecular formula is C26H41NO5S. The fourth-order valence-electron chi connectivity index (χ4n) is 4.14. The zero-order valence-corrected chi connectivity index (χ0v) is 21.6. The number of quaternary nitrogens is 1. The van der Waals surface area contributed by atoms with Crippen LogP contribution in [0, 0.1) is 0 Å². The molecule has 0 aromatic heterocycles. The molecule has 33 heavy (non-hydrogen) atoms. The third-order valence-electron chi connectivity index (χ3n) is 6.14. The smallest absolute Gasteiger partial charge is 0.233 e. The number of carbonyl (C=O) groups is 2. The first-order chi connectivity index (χ1) is 15.7. The highest BCUT2D eigenvalue weighted by molar-refractivity contribution is 7.95. The number of unbranched alkanes of at least 4 members (excludes halogenated alkanes) is 4. The Morgan fingerprint density at radius 2 is 1.12 bits per heavy atom. The van der Waals surface area contributed by atoms with Crippen LogP contribution in [0.25, 0.3) is 4.91 Å². The first-order valence-electron chi connectivity index (χ1n) is 12.4. The molecule has 0 atom stereocenters. The molecule has 0 spiro atoms. The molecule has 0 amide bonds. The van der Waals surface area contributed by atoms with Crippen molar-refractivity contribution in [2.75, 3.05) is 26.2 Å². The summed E-state index contributed by atoms with van der Waals surface area (Å²) in [5, 5.41) is 0.